The van der Waals surface area contributed by atoms with Crippen LogP contribution in [0.5, 0.6) is 11.5 Å². The fourth-order valence-electron chi connectivity index (χ4n) is 21.4. The van der Waals surface area contributed by atoms with Crippen molar-refractivity contribution < 1.29 is 15.7 Å². The Morgan fingerprint density at radius 1 is 0.203 bits per heavy atom. The summed E-state index contributed by atoms with van der Waals surface area (Å²) >= 11 is 0. The highest BCUT2D eigenvalue weighted by Gasteiger charge is 2.56. The minimum atomic E-state index is -0.723. The van der Waals surface area contributed by atoms with Gasteiger partial charge in [-0.3, -0.25) is 0 Å². The summed E-state index contributed by atoms with van der Waals surface area (Å²) in [4.78, 5) is 20.8. The zero-order valence-corrected chi connectivity index (χ0v) is 69.3. The zero-order valence-electron chi connectivity index (χ0n) is 77.3. The number of anilines is 27. The van der Waals surface area contributed by atoms with Crippen molar-refractivity contribution in [1.29, 1.82) is 0 Å². The van der Waals surface area contributed by atoms with Gasteiger partial charge in [-0.25, -0.2) is 0 Å². The Labute approximate surface area is 756 Å². The fraction of sp³-hybridized carbons (Fsp3) is 0.00870. The number of rotatable bonds is 16. The predicted octanol–water partition coefficient (Wildman–Crippen LogP) is 24.8. The molecule has 0 spiro atoms. The van der Waals surface area contributed by atoms with Crippen molar-refractivity contribution >= 4 is 223 Å². The molecule has 7 heterocycles. The Balaban J connectivity index is 0.833. The molecule has 13 heteroatoms. The molecule has 0 aliphatic carbocycles. The molecule has 0 radical (unpaired) electrons. The van der Waals surface area contributed by atoms with E-state index in [1.165, 1.54) is 0 Å². The lowest BCUT2D eigenvalue weighted by Gasteiger charge is -2.53. The molecule has 598 valence electrons. The van der Waals surface area contributed by atoms with Gasteiger partial charge in [-0.15, -0.1) is 0 Å². The molecule has 128 heavy (non-hydrogen) atoms. The van der Waals surface area contributed by atoms with E-state index >= 15 is 0 Å². The lowest BCUT2D eigenvalue weighted by molar-refractivity contribution is 0.478. The van der Waals surface area contributed by atoms with Gasteiger partial charge in [0.2, 0.25) is 0 Å². The van der Waals surface area contributed by atoms with Crippen molar-refractivity contribution in [3.05, 3.63) is 460 Å². The van der Waals surface area contributed by atoms with Gasteiger partial charge >= 0.3 is 0 Å². The first-order valence-electron chi connectivity index (χ1n) is 47.4. The van der Waals surface area contributed by atoms with E-state index in [1.807, 2.05) is 84.9 Å². The van der Waals surface area contributed by atoms with Crippen LogP contribution in [0.15, 0.2) is 455 Å². The van der Waals surface area contributed by atoms with E-state index in [1.54, 1.807) is 24.3 Å². The second-order valence-corrected chi connectivity index (χ2v) is 33.4. The Morgan fingerprint density at radius 3 is 0.773 bits per heavy atom. The largest absolute Gasteiger partial charge is 0.453 e. The highest BCUT2D eigenvalue weighted by molar-refractivity contribution is 7.06. The normalized spacial score (nSPS) is 14.0. The molecule has 0 aromatic heterocycles. The smallest absolute Gasteiger partial charge is 0.252 e. The van der Waals surface area contributed by atoms with Crippen LogP contribution in [-0.4, -0.2) is 20.1 Å². The molecular formula is C115H78B3N9O. The summed E-state index contributed by atoms with van der Waals surface area (Å²) in [5.74, 6) is 1.21. The van der Waals surface area contributed by atoms with Gasteiger partial charge in [0, 0.05) is 154 Å². The number of hydrogen-bond donors (Lipinski definition) is 0. The van der Waals surface area contributed by atoms with Crippen molar-refractivity contribution in [2.24, 2.45) is 0 Å². The molecule has 0 unspecified atom stereocenters. The third-order valence-electron chi connectivity index (χ3n) is 26.2. The Bertz CT molecular complexity index is 7940. The predicted molar refractivity (Wildman–Crippen MR) is 537 cm³/mol. The van der Waals surface area contributed by atoms with Gasteiger partial charge in [-0.2, -0.15) is 0 Å². The molecule has 0 N–H and O–H groups in total. The second kappa shape index (κ2) is 29.3. The van der Waals surface area contributed by atoms with Crippen LogP contribution in [0.3, 0.4) is 0 Å². The quantitative estimate of drug-likeness (QED) is 0.0874. The highest BCUT2D eigenvalue weighted by Crippen LogP contribution is 2.60. The first-order valence-corrected chi connectivity index (χ1v) is 43.4. The SMILES string of the molecule is [2H]c1cc([2H])cc(N2c3ccc(N(c4ccccc4)c4ccccc4)cc3B3c4cc5c(cc4N(c4cc([2H])cc([2H])c4)c4cc(C)cc2c43)N(c2cc([2H])cc([2H])c2)c2cc3c4c6c2B5c2cc(N(c5ccccc5)c5ccccc5)cc5c2N6c2c(cc(N(c6ccccc6)c6ccccc6)cc2B4c2cc(N(c4ccccc4)c4ccccc4)ccc2N3c2cc([2H])cc([2H])c2)O5)c1. The number of aryl methyl sites for hydroxylation is 1. The van der Waals surface area contributed by atoms with Crippen LogP contribution in [0.4, 0.5) is 154 Å². The van der Waals surface area contributed by atoms with E-state index < -0.39 is 20.1 Å². The summed E-state index contributed by atoms with van der Waals surface area (Å²) in [6.45, 7) is 0.133. The number of fused-ring (bicyclic) bond motifs is 10. The summed E-state index contributed by atoms with van der Waals surface area (Å²) in [5.41, 5.74) is 31.5. The molecule has 0 atom stereocenters. The molecule has 0 saturated heterocycles. The summed E-state index contributed by atoms with van der Waals surface area (Å²) in [6.07, 6.45) is 0. The molecule has 0 bridgehead atoms. The third-order valence-corrected chi connectivity index (χ3v) is 26.2. The number of nitrogens with zero attached hydrogens (tertiary/aromatic N) is 9. The molecule has 26 rings (SSSR count). The summed E-state index contributed by atoms with van der Waals surface area (Å²) in [6, 6.07) is 140. The number of hydrogen-bond acceptors (Lipinski definition) is 10. The van der Waals surface area contributed by atoms with Crippen molar-refractivity contribution in [2.45, 2.75) is 6.92 Å². The summed E-state index contributed by atoms with van der Waals surface area (Å²) in [7, 11) is 0. The molecule has 19 aromatic carbocycles. The number of ether oxygens (including phenoxy) is 1. The van der Waals surface area contributed by atoms with Crippen molar-refractivity contribution in [1.82, 2.24) is 0 Å². The van der Waals surface area contributed by atoms with Crippen molar-refractivity contribution in [2.75, 3.05) is 44.1 Å². The van der Waals surface area contributed by atoms with Gasteiger partial charge in [0.1, 0.15) is 0 Å². The molecule has 19 aromatic rings. The number of benzene rings is 19. The van der Waals surface area contributed by atoms with Crippen LogP contribution in [0.1, 0.15) is 16.5 Å². The average Bonchev–Trinajstić information content (AvgIpc) is 0.653. The summed E-state index contributed by atoms with van der Waals surface area (Å²) in [5, 5.41) is 0. The zero-order chi connectivity index (χ0) is 91.1. The highest BCUT2D eigenvalue weighted by atomic mass is 16.5. The third kappa shape index (κ3) is 11.3. The van der Waals surface area contributed by atoms with Crippen LogP contribution in [0, 0.1) is 6.92 Å². The van der Waals surface area contributed by atoms with Crippen LogP contribution < -0.4 is 98.0 Å². The van der Waals surface area contributed by atoms with Crippen LogP contribution >= 0.6 is 0 Å². The van der Waals surface area contributed by atoms with Crippen molar-refractivity contribution in [3.8, 4) is 11.5 Å². The van der Waals surface area contributed by atoms with Crippen molar-refractivity contribution in [3.63, 3.8) is 0 Å². The maximum Gasteiger partial charge on any atom is 0.252 e. The molecular weight excluding hydrogens is 1560 g/mol. The molecule has 10 nitrogen and oxygen atoms in total. The molecule has 7 aliphatic rings. The lowest BCUT2D eigenvalue weighted by Crippen LogP contribution is -2.69. The van der Waals surface area contributed by atoms with Crippen LogP contribution in [0.2, 0.25) is 0 Å². The number of para-hydroxylation sites is 12. The summed E-state index contributed by atoms with van der Waals surface area (Å²) < 4.78 is 85.8. The van der Waals surface area contributed by atoms with E-state index in [2.05, 4.69) is 348 Å². The maximum atomic E-state index is 9.95. The lowest BCUT2D eigenvalue weighted by atomic mass is 9.27. The maximum absolute atomic E-state index is 9.95. The minimum absolute atomic E-state index is 0.129. The average molecular weight is 1640 g/mol. The first kappa shape index (κ1) is 65.1. The topological polar surface area (TPSA) is 38.4 Å². The molecule has 7 aliphatic heterocycles. The van der Waals surface area contributed by atoms with E-state index in [-0.39, 0.29) is 48.3 Å². The van der Waals surface area contributed by atoms with E-state index in [4.69, 9.17) is 4.74 Å². The van der Waals surface area contributed by atoms with Gasteiger partial charge in [0.15, 0.2) is 11.5 Å². The Morgan fingerprint density at radius 2 is 0.461 bits per heavy atom. The van der Waals surface area contributed by atoms with E-state index in [9.17, 15) is 11.0 Å². The van der Waals surface area contributed by atoms with Gasteiger partial charge < -0.3 is 48.8 Å². The van der Waals surface area contributed by atoms with Crippen LogP contribution in [-0.2, 0) is 0 Å². The van der Waals surface area contributed by atoms with E-state index in [0.717, 1.165) is 186 Å². The Kier molecular flexibility index (Phi) is 14.9. The second-order valence-electron chi connectivity index (χ2n) is 33.4. The van der Waals surface area contributed by atoms with Crippen LogP contribution in [0.25, 0.3) is 0 Å². The van der Waals surface area contributed by atoms with Gasteiger partial charge in [-0.05, 0) is 280 Å². The monoisotopic (exact) mass is 1640 g/mol. The van der Waals surface area contributed by atoms with E-state index in [0.29, 0.717) is 34.2 Å². The Hall–Kier alpha value is -16.6. The minimum Gasteiger partial charge on any atom is -0.453 e. The fourth-order valence-corrected chi connectivity index (χ4v) is 21.4. The first-order chi connectivity index (χ1) is 66.6. The molecule has 0 amide bonds. The molecule has 0 saturated carbocycles. The van der Waals surface area contributed by atoms with Gasteiger partial charge in [-0.1, -0.05) is 224 Å². The molecule has 0 fully saturated rings. The standard InChI is InChI=1S/C115H78B3N9O/c1-77-66-104-110-105(67-77)125(88-58-34-12-35-59-88)102-75-103-97(74-96(102)116(110)94-68-90(62-64-100(94)123(104)86-54-30-10-31-55-86)119(78-38-14-2-15-39-78)79-40-16-3-17-41-79)118-99-71-93(122(84-50-26-8-27-51-84)85-52-28-9-29-53-85)73-109-114(99)127-113-98(70-92(72-108(113)128-109)121(82-46-22-6-23-47-82)83-48-24-7-25-49-83)117-95-69-91(120(80-42-18-4-19-43-80)81-44-20-5-21-45-81)63-65-101(95)124(87-56-32-11-33-57-87)106-76-107(112(118)115(127)111(106)117)126(103)89-60-36-13-37-61-89/h2-76H,1H3/i30D,31D,32D,33D,34D,35D,36D,37D. The van der Waals surface area contributed by atoms with Gasteiger partial charge in [0.25, 0.3) is 20.1 Å². The van der Waals surface area contributed by atoms with Gasteiger partial charge in [0.05, 0.1) is 22.3 Å².